The highest BCUT2D eigenvalue weighted by atomic mass is 32.2. The first kappa shape index (κ1) is 19.2. The molecule has 150 valence electrons. The largest absolute Gasteiger partial charge is 0.366 e. The van der Waals surface area contributed by atoms with E-state index in [1.807, 2.05) is 24.3 Å². The number of piperazine rings is 1. The van der Waals surface area contributed by atoms with E-state index in [4.69, 9.17) is 5.73 Å². The van der Waals surface area contributed by atoms with Gasteiger partial charge in [-0.3, -0.25) is 9.59 Å². The predicted octanol–water partition coefficient (Wildman–Crippen LogP) is 1.41. The maximum Gasteiger partial charge on any atom is 0.270 e. The number of nitrogens with two attached hydrogens (primary N) is 1. The number of sulfonamides is 1. The lowest BCUT2D eigenvalue weighted by atomic mass is 10.1. The number of amides is 2. The van der Waals surface area contributed by atoms with Crippen LogP contribution in [0.5, 0.6) is 0 Å². The van der Waals surface area contributed by atoms with Crippen molar-refractivity contribution in [2.24, 2.45) is 5.73 Å². The van der Waals surface area contributed by atoms with Crippen LogP contribution >= 0.6 is 0 Å². The predicted molar refractivity (Wildman–Crippen MR) is 108 cm³/mol. The van der Waals surface area contributed by atoms with Gasteiger partial charge in [-0.05, 0) is 29.0 Å². The van der Waals surface area contributed by atoms with Crippen molar-refractivity contribution in [3.63, 3.8) is 0 Å². The number of nitrogens with one attached hydrogen (secondary N) is 1. The summed E-state index contributed by atoms with van der Waals surface area (Å²) in [6.45, 7) is 0.918. The zero-order valence-electron chi connectivity index (χ0n) is 15.5. The van der Waals surface area contributed by atoms with Crippen molar-refractivity contribution >= 4 is 32.6 Å². The van der Waals surface area contributed by atoms with E-state index in [9.17, 15) is 18.0 Å². The smallest absolute Gasteiger partial charge is 0.270 e. The summed E-state index contributed by atoms with van der Waals surface area (Å²) in [6.07, 6.45) is 1.38. The van der Waals surface area contributed by atoms with E-state index in [1.54, 1.807) is 23.1 Å². The Morgan fingerprint density at radius 2 is 1.62 bits per heavy atom. The van der Waals surface area contributed by atoms with Crippen LogP contribution in [0.15, 0.2) is 59.6 Å². The standard InChI is InChI=1S/C20H20N4O4S/c21-19(25)16-12-18(22-13-16)20(26)23-7-9-24(10-8-23)29(27,28)17-6-5-14-3-1-2-4-15(14)11-17/h1-6,11-13,22H,7-10H2,(H2,21,25). The number of fused-ring (bicyclic) bond motifs is 1. The normalized spacial score (nSPS) is 15.5. The molecule has 1 aliphatic rings. The summed E-state index contributed by atoms with van der Waals surface area (Å²) in [5.74, 6) is -0.910. The van der Waals surface area contributed by atoms with Crippen molar-refractivity contribution in [1.82, 2.24) is 14.2 Å². The fraction of sp³-hybridized carbons (Fsp3) is 0.200. The third-order valence-corrected chi connectivity index (χ3v) is 6.98. The van der Waals surface area contributed by atoms with Gasteiger partial charge in [-0.25, -0.2) is 8.42 Å². The summed E-state index contributed by atoms with van der Waals surface area (Å²) in [5.41, 5.74) is 5.69. The molecule has 0 saturated carbocycles. The van der Waals surface area contributed by atoms with Crippen LogP contribution in [-0.4, -0.2) is 60.6 Å². The topological polar surface area (TPSA) is 117 Å². The minimum absolute atomic E-state index is 0.199. The van der Waals surface area contributed by atoms with Crippen LogP contribution in [0.3, 0.4) is 0 Å². The van der Waals surface area contributed by atoms with Crippen molar-refractivity contribution < 1.29 is 18.0 Å². The second kappa shape index (κ2) is 7.34. The molecule has 2 heterocycles. The number of aromatic amines is 1. The maximum atomic E-state index is 13.0. The summed E-state index contributed by atoms with van der Waals surface area (Å²) in [7, 11) is -3.65. The van der Waals surface area contributed by atoms with E-state index in [0.29, 0.717) is 0 Å². The van der Waals surface area contributed by atoms with Gasteiger partial charge in [0.15, 0.2) is 0 Å². The highest BCUT2D eigenvalue weighted by Crippen LogP contribution is 2.23. The lowest BCUT2D eigenvalue weighted by Crippen LogP contribution is -2.50. The molecule has 0 aliphatic carbocycles. The van der Waals surface area contributed by atoms with E-state index in [0.717, 1.165) is 10.8 Å². The molecule has 0 bridgehead atoms. The van der Waals surface area contributed by atoms with Crippen LogP contribution in [0.25, 0.3) is 10.8 Å². The number of hydrogen-bond donors (Lipinski definition) is 2. The molecule has 1 aliphatic heterocycles. The Morgan fingerprint density at radius 1 is 0.931 bits per heavy atom. The Balaban J connectivity index is 1.47. The fourth-order valence-electron chi connectivity index (χ4n) is 3.44. The third kappa shape index (κ3) is 3.62. The molecule has 9 heteroatoms. The van der Waals surface area contributed by atoms with Crippen LogP contribution in [0.1, 0.15) is 20.8 Å². The van der Waals surface area contributed by atoms with Crippen LogP contribution in [0.4, 0.5) is 0 Å². The van der Waals surface area contributed by atoms with Gasteiger partial charge in [-0.1, -0.05) is 30.3 Å². The molecule has 1 fully saturated rings. The highest BCUT2D eigenvalue weighted by molar-refractivity contribution is 7.89. The number of H-pyrrole nitrogens is 1. The number of carbonyl (C=O) groups excluding carboxylic acids is 2. The highest BCUT2D eigenvalue weighted by Gasteiger charge is 2.31. The van der Waals surface area contributed by atoms with Crippen LogP contribution in [-0.2, 0) is 10.0 Å². The van der Waals surface area contributed by atoms with Gasteiger partial charge in [-0.2, -0.15) is 4.31 Å². The number of rotatable bonds is 4. The molecule has 4 rings (SSSR count). The number of carbonyl (C=O) groups is 2. The first-order chi connectivity index (χ1) is 13.9. The lowest BCUT2D eigenvalue weighted by molar-refractivity contribution is 0.0692. The third-order valence-electron chi connectivity index (χ3n) is 5.08. The summed E-state index contributed by atoms with van der Waals surface area (Å²) in [5, 5.41) is 1.84. The van der Waals surface area contributed by atoms with Crippen molar-refractivity contribution in [2.75, 3.05) is 26.2 Å². The number of primary amides is 1. The van der Waals surface area contributed by atoms with Crippen LogP contribution in [0.2, 0.25) is 0 Å². The van der Waals surface area contributed by atoms with Crippen molar-refractivity contribution in [2.45, 2.75) is 4.90 Å². The summed E-state index contributed by atoms with van der Waals surface area (Å²) in [4.78, 5) is 28.3. The second-order valence-corrected chi connectivity index (χ2v) is 8.81. The van der Waals surface area contributed by atoms with Gasteiger partial charge >= 0.3 is 0 Å². The number of benzene rings is 2. The van der Waals surface area contributed by atoms with Gasteiger partial charge in [0.25, 0.3) is 5.91 Å². The molecule has 0 radical (unpaired) electrons. The fourth-order valence-corrected chi connectivity index (χ4v) is 4.90. The maximum absolute atomic E-state index is 13.0. The molecule has 29 heavy (non-hydrogen) atoms. The Morgan fingerprint density at radius 3 is 2.28 bits per heavy atom. The number of nitrogens with zero attached hydrogens (tertiary/aromatic N) is 2. The molecule has 1 aromatic heterocycles. The summed E-state index contributed by atoms with van der Waals surface area (Å²) >= 11 is 0. The Labute approximate surface area is 168 Å². The molecule has 0 spiro atoms. The summed E-state index contributed by atoms with van der Waals surface area (Å²) < 4.78 is 27.4. The zero-order valence-corrected chi connectivity index (χ0v) is 16.4. The molecule has 8 nitrogen and oxygen atoms in total. The van der Waals surface area contributed by atoms with E-state index < -0.39 is 15.9 Å². The Kier molecular flexibility index (Phi) is 4.85. The SMILES string of the molecule is NC(=O)c1c[nH]c(C(=O)N2CCN(S(=O)(=O)c3ccc4ccccc4c3)CC2)c1. The molecule has 3 aromatic rings. The molecular formula is C20H20N4O4S. The minimum atomic E-state index is -3.65. The minimum Gasteiger partial charge on any atom is -0.366 e. The average Bonchev–Trinajstić information content (AvgIpc) is 3.23. The van der Waals surface area contributed by atoms with Crippen molar-refractivity contribution in [3.05, 3.63) is 66.0 Å². The molecule has 2 amide bonds. The molecule has 1 saturated heterocycles. The van der Waals surface area contributed by atoms with Gasteiger partial charge in [0, 0.05) is 32.4 Å². The van der Waals surface area contributed by atoms with E-state index in [-0.39, 0.29) is 48.2 Å². The zero-order chi connectivity index (χ0) is 20.6. The molecule has 0 unspecified atom stereocenters. The van der Waals surface area contributed by atoms with Gasteiger partial charge in [-0.15, -0.1) is 0 Å². The Bertz CT molecular complexity index is 1190. The molecule has 0 atom stereocenters. The van der Waals surface area contributed by atoms with E-state index >= 15 is 0 Å². The Hall–Kier alpha value is -3.17. The molecular weight excluding hydrogens is 392 g/mol. The monoisotopic (exact) mass is 412 g/mol. The average molecular weight is 412 g/mol. The van der Waals surface area contributed by atoms with Gasteiger partial charge < -0.3 is 15.6 Å². The van der Waals surface area contributed by atoms with Crippen molar-refractivity contribution in [3.8, 4) is 0 Å². The van der Waals surface area contributed by atoms with E-state index in [2.05, 4.69) is 4.98 Å². The van der Waals surface area contributed by atoms with Gasteiger partial charge in [0.2, 0.25) is 15.9 Å². The quantitative estimate of drug-likeness (QED) is 0.674. The second-order valence-electron chi connectivity index (χ2n) is 6.87. The molecule has 3 N–H and O–H groups in total. The van der Waals surface area contributed by atoms with Crippen molar-refractivity contribution in [1.29, 1.82) is 0 Å². The lowest BCUT2D eigenvalue weighted by Gasteiger charge is -2.33. The van der Waals surface area contributed by atoms with Gasteiger partial charge in [0.1, 0.15) is 5.69 Å². The molecule has 2 aromatic carbocycles. The summed E-state index contributed by atoms with van der Waals surface area (Å²) in [6, 6.07) is 14.1. The van der Waals surface area contributed by atoms with Crippen LogP contribution in [0, 0.1) is 0 Å². The number of aromatic nitrogens is 1. The first-order valence-electron chi connectivity index (χ1n) is 9.13. The van der Waals surface area contributed by atoms with Gasteiger partial charge in [0.05, 0.1) is 10.5 Å². The number of hydrogen-bond acceptors (Lipinski definition) is 4. The van der Waals surface area contributed by atoms with Crippen LogP contribution < -0.4 is 5.73 Å². The van der Waals surface area contributed by atoms with E-state index in [1.165, 1.54) is 16.6 Å². The first-order valence-corrected chi connectivity index (χ1v) is 10.6.